The van der Waals surface area contributed by atoms with E-state index in [9.17, 15) is 9.90 Å². The molecule has 1 saturated carbocycles. The zero-order chi connectivity index (χ0) is 21.8. The molecular weight excluding hydrogens is 432 g/mol. The van der Waals surface area contributed by atoms with Gasteiger partial charge in [0.15, 0.2) is 0 Å². The molecule has 1 amide bonds. The molecular formula is C24H25ClN2O3S. The summed E-state index contributed by atoms with van der Waals surface area (Å²) >= 11 is 7.74. The molecule has 162 valence electrons. The number of aromatic nitrogens is 1. The number of halogens is 1. The van der Waals surface area contributed by atoms with Crippen LogP contribution in [0.5, 0.6) is 5.75 Å². The van der Waals surface area contributed by atoms with E-state index in [0.717, 1.165) is 29.0 Å². The van der Waals surface area contributed by atoms with Gasteiger partial charge in [0.25, 0.3) is 0 Å². The molecule has 0 spiro atoms. The monoisotopic (exact) mass is 456 g/mol. The van der Waals surface area contributed by atoms with Crippen molar-refractivity contribution in [3.05, 3.63) is 80.8 Å². The Labute approximate surface area is 191 Å². The number of thiazole rings is 1. The third kappa shape index (κ3) is 5.45. The molecule has 31 heavy (non-hydrogen) atoms. The molecule has 0 radical (unpaired) electrons. The molecule has 1 aromatic heterocycles. The molecule has 0 saturated heterocycles. The highest BCUT2D eigenvalue weighted by Crippen LogP contribution is 2.36. The Hall–Kier alpha value is -2.41. The lowest BCUT2D eigenvalue weighted by molar-refractivity contribution is -0.135. The van der Waals surface area contributed by atoms with E-state index in [-0.39, 0.29) is 24.5 Å². The van der Waals surface area contributed by atoms with Crippen molar-refractivity contribution in [1.29, 1.82) is 0 Å². The first-order valence-electron chi connectivity index (χ1n) is 10.4. The number of hydrogen-bond donors (Lipinski definition) is 1. The molecule has 1 aliphatic carbocycles. The van der Waals surface area contributed by atoms with Crippen LogP contribution in [0.2, 0.25) is 5.02 Å². The number of aliphatic hydroxyl groups is 1. The third-order valence-electron chi connectivity index (χ3n) is 5.43. The number of benzene rings is 2. The summed E-state index contributed by atoms with van der Waals surface area (Å²) in [6.07, 6.45) is 1.90. The van der Waals surface area contributed by atoms with Gasteiger partial charge < -0.3 is 14.7 Å². The second-order valence-corrected chi connectivity index (χ2v) is 9.14. The molecule has 5 nitrogen and oxygen atoms in total. The number of hydrogen-bond acceptors (Lipinski definition) is 5. The van der Waals surface area contributed by atoms with E-state index in [1.807, 2.05) is 40.6 Å². The molecule has 1 unspecified atom stereocenters. The van der Waals surface area contributed by atoms with Gasteiger partial charge in [-0.3, -0.25) is 4.79 Å². The predicted molar refractivity (Wildman–Crippen MR) is 122 cm³/mol. The van der Waals surface area contributed by atoms with E-state index in [1.54, 1.807) is 6.07 Å². The quantitative estimate of drug-likeness (QED) is 0.470. The lowest BCUT2D eigenvalue weighted by Crippen LogP contribution is -2.34. The number of ether oxygens (including phenoxy) is 1. The molecule has 1 aliphatic rings. The van der Waals surface area contributed by atoms with Gasteiger partial charge in [-0.1, -0.05) is 41.9 Å². The summed E-state index contributed by atoms with van der Waals surface area (Å²) in [6, 6.07) is 15.5. The van der Waals surface area contributed by atoms with E-state index in [1.165, 1.54) is 11.3 Å². The van der Waals surface area contributed by atoms with Crippen LogP contribution in [0.4, 0.5) is 0 Å². The third-order valence-corrected chi connectivity index (χ3v) is 6.54. The van der Waals surface area contributed by atoms with E-state index in [2.05, 4.69) is 24.0 Å². The zero-order valence-electron chi connectivity index (χ0n) is 17.3. The lowest BCUT2D eigenvalue weighted by atomic mass is 10.0. The first-order chi connectivity index (χ1) is 15.0. The predicted octanol–water partition coefficient (Wildman–Crippen LogP) is 5.37. The van der Waals surface area contributed by atoms with Gasteiger partial charge in [-0.05, 0) is 43.5 Å². The Morgan fingerprint density at radius 2 is 2.06 bits per heavy atom. The number of aliphatic hydroxyl groups excluding tert-OH is 1. The molecule has 0 bridgehead atoms. The largest absolute Gasteiger partial charge is 0.486 e. The maximum Gasteiger partial charge on any atom is 0.226 e. The van der Waals surface area contributed by atoms with Crippen molar-refractivity contribution in [1.82, 2.24) is 9.88 Å². The lowest BCUT2D eigenvalue weighted by Gasteiger charge is -2.30. The van der Waals surface area contributed by atoms with Crippen LogP contribution in [-0.2, 0) is 24.6 Å². The number of carbonyl (C=O) groups is 1. The van der Waals surface area contributed by atoms with Crippen LogP contribution >= 0.6 is 22.9 Å². The number of rotatable bonds is 9. The Balaban J connectivity index is 1.57. The molecule has 3 aromatic rings. The van der Waals surface area contributed by atoms with Gasteiger partial charge in [0, 0.05) is 28.4 Å². The number of amides is 1. The summed E-state index contributed by atoms with van der Waals surface area (Å²) in [4.78, 5) is 19.4. The molecule has 2 aromatic carbocycles. The maximum absolute atomic E-state index is 13.2. The first kappa shape index (κ1) is 21.8. The van der Waals surface area contributed by atoms with Crippen molar-refractivity contribution < 1.29 is 14.6 Å². The molecule has 0 aliphatic heterocycles. The number of nitrogens with zero attached hydrogens (tertiary/aromatic N) is 2. The summed E-state index contributed by atoms with van der Waals surface area (Å²) in [6.45, 7) is 2.69. The highest BCUT2D eigenvalue weighted by molar-refractivity contribution is 7.09. The van der Waals surface area contributed by atoms with E-state index in [4.69, 9.17) is 16.3 Å². The van der Waals surface area contributed by atoms with Gasteiger partial charge in [0.05, 0.1) is 18.3 Å². The van der Waals surface area contributed by atoms with Gasteiger partial charge >= 0.3 is 0 Å². The second kappa shape index (κ2) is 9.81. The van der Waals surface area contributed by atoms with Gasteiger partial charge in [-0.2, -0.15) is 0 Å². The Bertz CT molecular complexity index is 1040. The Morgan fingerprint density at radius 1 is 1.29 bits per heavy atom. The van der Waals surface area contributed by atoms with Crippen molar-refractivity contribution in [2.24, 2.45) is 5.92 Å². The van der Waals surface area contributed by atoms with E-state index >= 15 is 0 Å². The molecule has 1 atom stereocenters. The minimum Gasteiger partial charge on any atom is -0.486 e. The molecule has 1 heterocycles. The minimum atomic E-state index is -0.0850. The van der Waals surface area contributed by atoms with Gasteiger partial charge in [-0.15, -0.1) is 11.3 Å². The standard InChI is InChI=1S/C24H25ClN2O3S/c1-16(17-5-3-2-4-6-17)27(24(29)18-7-8-18)12-19-11-20(25)9-10-22(19)30-14-23-26-21(13-28)15-31-23/h2-6,9-11,15-16,18,28H,7-8,12-14H2,1H3. The first-order valence-corrected chi connectivity index (χ1v) is 11.6. The Morgan fingerprint density at radius 3 is 2.74 bits per heavy atom. The summed E-state index contributed by atoms with van der Waals surface area (Å²) in [5, 5.41) is 12.4. The van der Waals surface area contributed by atoms with Crippen molar-refractivity contribution in [3.8, 4) is 5.75 Å². The van der Waals surface area contributed by atoms with Crippen molar-refractivity contribution in [2.75, 3.05) is 0 Å². The van der Waals surface area contributed by atoms with Crippen LogP contribution in [0.25, 0.3) is 0 Å². The fraction of sp³-hybridized carbons (Fsp3) is 0.333. The van der Waals surface area contributed by atoms with Crippen molar-refractivity contribution >= 4 is 28.8 Å². The fourth-order valence-corrected chi connectivity index (χ4v) is 4.40. The van der Waals surface area contributed by atoms with Crippen molar-refractivity contribution in [2.45, 2.75) is 45.6 Å². The smallest absolute Gasteiger partial charge is 0.226 e. The molecule has 1 N–H and O–H groups in total. The van der Waals surface area contributed by atoms with Crippen LogP contribution in [0.1, 0.15) is 47.6 Å². The Kier molecular flexibility index (Phi) is 6.90. The average molecular weight is 457 g/mol. The fourth-order valence-electron chi connectivity index (χ4n) is 3.51. The highest BCUT2D eigenvalue weighted by atomic mass is 35.5. The van der Waals surface area contributed by atoms with Crippen molar-refractivity contribution in [3.63, 3.8) is 0 Å². The summed E-state index contributed by atoms with van der Waals surface area (Å²) in [5.74, 6) is 0.968. The normalized spacial score (nSPS) is 14.3. The van der Waals surface area contributed by atoms with Crippen LogP contribution in [-0.4, -0.2) is 20.9 Å². The van der Waals surface area contributed by atoms with Crippen LogP contribution < -0.4 is 4.74 Å². The van der Waals surface area contributed by atoms with E-state index < -0.39 is 0 Å². The molecule has 4 rings (SSSR count). The van der Waals surface area contributed by atoms with Gasteiger partial charge in [0.1, 0.15) is 17.4 Å². The SMILES string of the molecule is CC(c1ccccc1)N(Cc1cc(Cl)ccc1OCc1nc(CO)cs1)C(=O)C1CC1. The van der Waals surface area contributed by atoms with Crippen LogP contribution in [0.3, 0.4) is 0 Å². The summed E-state index contributed by atoms with van der Waals surface area (Å²) < 4.78 is 6.05. The average Bonchev–Trinajstić information content (AvgIpc) is 3.54. The molecule has 1 fully saturated rings. The molecule has 7 heteroatoms. The van der Waals surface area contributed by atoms with Gasteiger partial charge in [-0.25, -0.2) is 4.98 Å². The summed E-state index contributed by atoms with van der Waals surface area (Å²) in [5.41, 5.74) is 2.60. The number of carbonyl (C=O) groups excluding carboxylic acids is 1. The summed E-state index contributed by atoms with van der Waals surface area (Å²) in [7, 11) is 0. The topological polar surface area (TPSA) is 62.7 Å². The highest BCUT2D eigenvalue weighted by Gasteiger charge is 2.36. The minimum absolute atomic E-state index is 0.0628. The maximum atomic E-state index is 13.2. The van der Waals surface area contributed by atoms with E-state index in [0.29, 0.717) is 29.6 Å². The zero-order valence-corrected chi connectivity index (χ0v) is 18.9. The second-order valence-electron chi connectivity index (χ2n) is 7.76. The van der Waals surface area contributed by atoms with Crippen LogP contribution in [0.15, 0.2) is 53.9 Å². The van der Waals surface area contributed by atoms with Crippen LogP contribution in [0, 0.1) is 5.92 Å². The van der Waals surface area contributed by atoms with Gasteiger partial charge in [0.2, 0.25) is 5.91 Å².